The number of hydrogen-bond acceptors (Lipinski definition) is 2. The van der Waals surface area contributed by atoms with Gasteiger partial charge in [0.05, 0.1) is 12.7 Å². The van der Waals surface area contributed by atoms with Gasteiger partial charge in [0.2, 0.25) is 0 Å². The Morgan fingerprint density at radius 2 is 2.42 bits per heavy atom. The van der Waals surface area contributed by atoms with Crippen LogP contribution in [0.5, 0.6) is 0 Å². The average Bonchev–Trinajstić information content (AvgIpc) is 2.46. The monoisotopic (exact) mass is 167 g/mol. The zero-order valence-corrected chi connectivity index (χ0v) is 6.59. The molecule has 0 saturated heterocycles. The van der Waals surface area contributed by atoms with Crippen LogP contribution >= 0.6 is 0 Å². The smallest absolute Gasteiger partial charge is 0.123 e. The molecular weight excluding hydrogens is 157 g/mol. The minimum atomic E-state index is -0.224. The summed E-state index contributed by atoms with van der Waals surface area (Å²) in [5.74, 6) is -0.224. The molecule has 1 unspecified atom stereocenters. The maximum atomic E-state index is 12.8. The molecule has 0 saturated carbocycles. The Hall–Kier alpha value is -0.930. The molecule has 0 aliphatic carbocycles. The maximum Gasteiger partial charge on any atom is 0.123 e. The van der Waals surface area contributed by atoms with Crippen LogP contribution in [0.4, 0.5) is 4.39 Å². The van der Waals surface area contributed by atoms with Crippen LogP contribution < -0.4 is 5.73 Å². The zero-order valence-electron chi connectivity index (χ0n) is 6.59. The summed E-state index contributed by atoms with van der Waals surface area (Å²) in [6.45, 7) is 0.966. The van der Waals surface area contributed by atoms with Crippen molar-refractivity contribution in [3.8, 4) is 0 Å². The third-order valence-corrected chi connectivity index (χ3v) is 2.11. The van der Waals surface area contributed by atoms with Gasteiger partial charge >= 0.3 is 0 Å². The van der Waals surface area contributed by atoms with E-state index in [1.54, 1.807) is 6.07 Å². The van der Waals surface area contributed by atoms with Crippen molar-refractivity contribution in [1.29, 1.82) is 0 Å². The van der Waals surface area contributed by atoms with E-state index in [1.807, 2.05) is 0 Å². The number of rotatable bonds is 1. The predicted molar refractivity (Wildman–Crippen MR) is 43.0 cm³/mol. The van der Waals surface area contributed by atoms with E-state index in [4.69, 9.17) is 10.5 Å². The van der Waals surface area contributed by atoms with E-state index in [1.165, 1.54) is 12.1 Å². The lowest BCUT2D eigenvalue weighted by Gasteiger charge is -2.06. The molecular formula is C9H10FNO. The molecule has 0 fully saturated rings. The van der Waals surface area contributed by atoms with E-state index in [-0.39, 0.29) is 11.9 Å². The van der Waals surface area contributed by atoms with E-state index < -0.39 is 0 Å². The first-order valence-electron chi connectivity index (χ1n) is 3.91. The third kappa shape index (κ3) is 1.11. The predicted octanol–water partition coefficient (Wildman–Crippen LogP) is 1.36. The molecule has 1 aliphatic heterocycles. The Kier molecular flexibility index (Phi) is 1.83. The van der Waals surface area contributed by atoms with Crippen LogP contribution in [-0.4, -0.2) is 6.54 Å². The Labute approximate surface area is 70.1 Å². The second kappa shape index (κ2) is 2.84. The van der Waals surface area contributed by atoms with Crippen LogP contribution in [0.3, 0.4) is 0 Å². The Balaban J connectivity index is 2.42. The molecule has 12 heavy (non-hydrogen) atoms. The molecule has 2 N–H and O–H groups in total. The van der Waals surface area contributed by atoms with E-state index in [2.05, 4.69) is 0 Å². The lowest BCUT2D eigenvalue weighted by atomic mass is 10.1. The van der Waals surface area contributed by atoms with Crippen molar-refractivity contribution in [3.05, 3.63) is 35.1 Å². The first-order chi connectivity index (χ1) is 5.81. The zero-order chi connectivity index (χ0) is 8.55. The number of ether oxygens (including phenoxy) is 1. The SMILES string of the molecule is NCC1OCc2ccc(F)cc21. The average molecular weight is 167 g/mol. The molecule has 0 aromatic heterocycles. The Bertz CT molecular complexity index is 301. The van der Waals surface area contributed by atoms with Gasteiger partial charge in [-0.15, -0.1) is 0 Å². The van der Waals surface area contributed by atoms with Gasteiger partial charge in [0.1, 0.15) is 5.82 Å². The van der Waals surface area contributed by atoms with Crippen molar-refractivity contribution in [1.82, 2.24) is 0 Å². The molecule has 0 bridgehead atoms. The second-order valence-electron chi connectivity index (χ2n) is 2.88. The third-order valence-electron chi connectivity index (χ3n) is 2.11. The van der Waals surface area contributed by atoms with Crippen molar-refractivity contribution in [2.24, 2.45) is 5.73 Å². The lowest BCUT2D eigenvalue weighted by Crippen LogP contribution is -2.10. The first kappa shape index (κ1) is 7.71. The molecule has 0 spiro atoms. The van der Waals surface area contributed by atoms with E-state index >= 15 is 0 Å². The highest BCUT2D eigenvalue weighted by Crippen LogP contribution is 2.29. The fourth-order valence-electron chi connectivity index (χ4n) is 1.47. The molecule has 0 radical (unpaired) electrons. The molecule has 0 amide bonds. The summed E-state index contributed by atoms with van der Waals surface area (Å²) in [5.41, 5.74) is 7.40. The van der Waals surface area contributed by atoms with Crippen LogP contribution in [0.15, 0.2) is 18.2 Å². The van der Waals surface area contributed by atoms with Crippen molar-refractivity contribution in [2.45, 2.75) is 12.7 Å². The summed E-state index contributed by atoms with van der Waals surface area (Å²) in [4.78, 5) is 0. The lowest BCUT2D eigenvalue weighted by molar-refractivity contribution is 0.0723. The van der Waals surface area contributed by atoms with E-state index in [9.17, 15) is 4.39 Å². The molecule has 1 aromatic rings. The highest BCUT2D eigenvalue weighted by molar-refractivity contribution is 5.32. The van der Waals surface area contributed by atoms with Crippen LogP contribution in [-0.2, 0) is 11.3 Å². The van der Waals surface area contributed by atoms with Crippen LogP contribution in [0.2, 0.25) is 0 Å². The normalized spacial score (nSPS) is 21.0. The molecule has 2 rings (SSSR count). The minimum absolute atomic E-state index is 0.115. The highest BCUT2D eigenvalue weighted by Gasteiger charge is 2.21. The van der Waals surface area contributed by atoms with Gasteiger partial charge < -0.3 is 10.5 Å². The first-order valence-corrected chi connectivity index (χ1v) is 3.91. The van der Waals surface area contributed by atoms with Crippen molar-refractivity contribution in [2.75, 3.05) is 6.54 Å². The standard InChI is InChI=1S/C9H10FNO/c10-7-2-1-6-5-12-9(4-11)8(6)3-7/h1-3,9H,4-5,11H2. The molecule has 64 valence electrons. The summed E-state index contributed by atoms with van der Waals surface area (Å²) in [6, 6.07) is 4.70. The fourth-order valence-corrected chi connectivity index (χ4v) is 1.47. The second-order valence-corrected chi connectivity index (χ2v) is 2.88. The Morgan fingerprint density at radius 1 is 1.58 bits per heavy atom. The molecule has 3 heteroatoms. The summed E-state index contributed by atoms with van der Waals surface area (Å²) < 4.78 is 18.1. The van der Waals surface area contributed by atoms with Gasteiger partial charge in [-0.1, -0.05) is 6.07 Å². The van der Waals surface area contributed by atoms with Gasteiger partial charge in [0.15, 0.2) is 0 Å². The largest absolute Gasteiger partial charge is 0.368 e. The summed E-state index contributed by atoms with van der Waals surface area (Å²) >= 11 is 0. The summed E-state index contributed by atoms with van der Waals surface area (Å²) in [7, 11) is 0. The van der Waals surface area contributed by atoms with Gasteiger partial charge in [-0.2, -0.15) is 0 Å². The van der Waals surface area contributed by atoms with Crippen molar-refractivity contribution < 1.29 is 9.13 Å². The van der Waals surface area contributed by atoms with Crippen LogP contribution in [0.1, 0.15) is 17.2 Å². The molecule has 2 nitrogen and oxygen atoms in total. The number of hydrogen-bond donors (Lipinski definition) is 1. The number of nitrogens with two attached hydrogens (primary N) is 1. The van der Waals surface area contributed by atoms with E-state index in [0.29, 0.717) is 13.2 Å². The number of halogens is 1. The topological polar surface area (TPSA) is 35.2 Å². The van der Waals surface area contributed by atoms with Gasteiger partial charge in [-0.05, 0) is 23.3 Å². The van der Waals surface area contributed by atoms with Crippen LogP contribution in [0.25, 0.3) is 0 Å². The minimum Gasteiger partial charge on any atom is -0.368 e. The van der Waals surface area contributed by atoms with Crippen LogP contribution in [0, 0.1) is 5.82 Å². The fraction of sp³-hybridized carbons (Fsp3) is 0.333. The van der Waals surface area contributed by atoms with E-state index in [0.717, 1.165) is 11.1 Å². The van der Waals surface area contributed by atoms with Crippen molar-refractivity contribution in [3.63, 3.8) is 0 Å². The Morgan fingerprint density at radius 3 is 3.17 bits per heavy atom. The summed E-state index contributed by atoms with van der Waals surface area (Å²) in [5, 5.41) is 0. The van der Waals surface area contributed by atoms with Gasteiger partial charge in [-0.25, -0.2) is 4.39 Å². The van der Waals surface area contributed by atoms with Gasteiger partial charge in [0, 0.05) is 6.54 Å². The van der Waals surface area contributed by atoms with Gasteiger partial charge in [-0.3, -0.25) is 0 Å². The molecule has 1 heterocycles. The van der Waals surface area contributed by atoms with Crippen molar-refractivity contribution >= 4 is 0 Å². The molecule has 1 atom stereocenters. The van der Waals surface area contributed by atoms with Gasteiger partial charge in [0.25, 0.3) is 0 Å². The quantitative estimate of drug-likeness (QED) is 0.685. The molecule has 1 aliphatic rings. The number of fused-ring (bicyclic) bond motifs is 1. The number of benzene rings is 1. The maximum absolute atomic E-state index is 12.8. The summed E-state index contributed by atoms with van der Waals surface area (Å²) in [6.07, 6.45) is -0.115. The highest BCUT2D eigenvalue weighted by atomic mass is 19.1. The molecule has 1 aromatic carbocycles.